The van der Waals surface area contributed by atoms with E-state index in [4.69, 9.17) is 17.2 Å². The third kappa shape index (κ3) is 9.48. The number of aliphatic carboxylic acids is 1. The van der Waals surface area contributed by atoms with Gasteiger partial charge in [-0.1, -0.05) is 32.0 Å². The number of carboxylic acid groups (broad SMARTS) is 1. The maximum absolute atomic E-state index is 13.5. The highest BCUT2D eigenvalue weighted by atomic mass is 32.1. The second-order valence-electron chi connectivity index (χ2n) is 9.49. The van der Waals surface area contributed by atoms with E-state index in [2.05, 4.69) is 38.6 Å². The maximum atomic E-state index is 13.5. The minimum absolute atomic E-state index is 0.0590. The van der Waals surface area contributed by atoms with Crippen molar-refractivity contribution < 1.29 is 24.3 Å². The first-order valence-electron chi connectivity index (χ1n) is 12.5. The van der Waals surface area contributed by atoms with Crippen LogP contribution in [-0.2, 0) is 25.6 Å². The number of aromatic nitrogens is 1. The SMILES string of the molecule is CC(C)C(NC(=O)C(Cc1c[nH]c2ccccc12)NC(=O)C(N)CCCN=C(N)N)C(=O)NC(CS)C(=O)O. The number of para-hydroxylation sites is 1. The van der Waals surface area contributed by atoms with Crippen LogP contribution in [0.15, 0.2) is 35.5 Å². The highest BCUT2D eigenvalue weighted by Crippen LogP contribution is 2.19. The lowest BCUT2D eigenvalue weighted by Crippen LogP contribution is -2.59. The van der Waals surface area contributed by atoms with Crippen LogP contribution in [0.25, 0.3) is 10.9 Å². The number of guanidine groups is 1. The van der Waals surface area contributed by atoms with Gasteiger partial charge in [0.05, 0.1) is 6.04 Å². The minimum Gasteiger partial charge on any atom is -0.480 e. The monoisotopic (exact) mass is 562 g/mol. The number of nitrogens with two attached hydrogens (primary N) is 3. The van der Waals surface area contributed by atoms with Gasteiger partial charge in [0.25, 0.3) is 0 Å². The van der Waals surface area contributed by atoms with Gasteiger partial charge in [-0.3, -0.25) is 19.4 Å². The zero-order chi connectivity index (χ0) is 29.1. The topological polar surface area (TPSA) is 231 Å². The number of carbonyl (C=O) groups is 4. The predicted octanol–water partition coefficient (Wildman–Crippen LogP) is -0.784. The van der Waals surface area contributed by atoms with E-state index in [1.807, 2.05) is 24.3 Å². The van der Waals surface area contributed by atoms with Gasteiger partial charge in [-0.15, -0.1) is 0 Å². The van der Waals surface area contributed by atoms with Crippen LogP contribution in [0.2, 0.25) is 0 Å². The summed E-state index contributed by atoms with van der Waals surface area (Å²) in [6, 6.07) is 3.23. The molecule has 0 saturated carbocycles. The first kappa shape index (κ1) is 31.4. The molecule has 0 aliphatic heterocycles. The highest BCUT2D eigenvalue weighted by molar-refractivity contribution is 7.80. The van der Waals surface area contributed by atoms with E-state index in [9.17, 15) is 24.3 Å². The van der Waals surface area contributed by atoms with Crippen LogP contribution >= 0.6 is 12.6 Å². The molecule has 0 radical (unpaired) electrons. The van der Waals surface area contributed by atoms with Crippen LogP contribution in [-0.4, -0.2) is 76.2 Å². The predicted molar refractivity (Wildman–Crippen MR) is 152 cm³/mol. The molecule has 1 heterocycles. The fourth-order valence-corrected chi connectivity index (χ4v) is 4.14. The van der Waals surface area contributed by atoms with Gasteiger partial charge in [0.2, 0.25) is 17.7 Å². The molecule has 4 unspecified atom stereocenters. The molecule has 0 bridgehead atoms. The molecule has 0 aliphatic carbocycles. The Morgan fingerprint density at radius 1 is 1.03 bits per heavy atom. The van der Waals surface area contributed by atoms with Gasteiger partial charge in [-0.2, -0.15) is 12.6 Å². The Hall–Kier alpha value is -3.78. The van der Waals surface area contributed by atoms with Gasteiger partial charge in [-0.25, -0.2) is 4.79 Å². The van der Waals surface area contributed by atoms with Crippen LogP contribution in [0.1, 0.15) is 32.3 Å². The molecule has 1 aromatic carbocycles. The molecule has 13 nitrogen and oxygen atoms in total. The molecule has 0 saturated heterocycles. The molecule has 214 valence electrons. The van der Waals surface area contributed by atoms with Crippen molar-refractivity contribution in [2.45, 2.75) is 57.3 Å². The van der Waals surface area contributed by atoms with Crippen LogP contribution in [0.5, 0.6) is 0 Å². The quantitative estimate of drug-likeness (QED) is 0.0577. The summed E-state index contributed by atoms with van der Waals surface area (Å²) < 4.78 is 0. The summed E-state index contributed by atoms with van der Waals surface area (Å²) in [6.07, 6.45) is 2.60. The maximum Gasteiger partial charge on any atom is 0.327 e. The summed E-state index contributed by atoms with van der Waals surface area (Å²) in [4.78, 5) is 57.6. The zero-order valence-corrected chi connectivity index (χ0v) is 22.9. The number of fused-ring (bicyclic) bond motifs is 1. The fourth-order valence-electron chi connectivity index (χ4n) is 3.89. The van der Waals surface area contributed by atoms with E-state index in [1.165, 1.54) is 0 Å². The van der Waals surface area contributed by atoms with Crippen molar-refractivity contribution in [2.75, 3.05) is 12.3 Å². The number of hydrogen-bond acceptors (Lipinski definition) is 7. The van der Waals surface area contributed by atoms with E-state index in [1.54, 1.807) is 20.0 Å². The van der Waals surface area contributed by atoms with Gasteiger partial charge in [-0.05, 0) is 30.4 Å². The first-order valence-corrected chi connectivity index (χ1v) is 13.2. The average Bonchev–Trinajstić information content (AvgIpc) is 3.29. The second-order valence-corrected chi connectivity index (χ2v) is 9.86. The first-order chi connectivity index (χ1) is 18.4. The number of hydrogen-bond donors (Lipinski definition) is 9. The Labute approximate surface area is 232 Å². The molecule has 2 rings (SSSR count). The van der Waals surface area contributed by atoms with Crippen molar-refractivity contribution in [2.24, 2.45) is 28.1 Å². The van der Waals surface area contributed by atoms with E-state index in [-0.39, 0.29) is 30.5 Å². The number of rotatable bonds is 15. The number of carbonyl (C=O) groups excluding carboxylic acids is 3. The zero-order valence-electron chi connectivity index (χ0n) is 22.0. The molecule has 11 N–H and O–H groups in total. The summed E-state index contributed by atoms with van der Waals surface area (Å²) in [5.74, 6) is -3.65. The number of H-pyrrole nitrogens is 1. The van der Waals surface area contributed by atoms with Gasteiger partial charge >= 0.3 is 5.97 Å². The molecule has 4 atom stereocenters. The third-order valence-electron chi connectivity index (χ3n) is 6.08. The molecule has 0 spiro atoms. The number of thiol groups is 1. The Balaban J connectivity index is 2.23. The Kier molecular flexibility index (Phi) is 12.1. The van der Waals surface area contributed by atoms with Gasteiger partial charge in [0.1, 0.15) is 18.1 Å². The largest absolute Gasteiger partial charge is 0.480 e. The molecule has 1 aromatic heterocycles. The van der Waals surface area contributed by atoms with E-state index < -0.39 is 47.9 Å². The van der Waals surface area contributed by atoms with Crippen molar-refractivity contribution in [3.63, 3.8) is 0 Å². The molecule has 2 aromatic rings. The average molecular weight is 563 g/mol. The molecule has 0 aliphatic rings. The van der Waals surface area contributed by atoms with Crippen LogP contribution in [0, 0.1) is 5.92 Å². The normalized spacial score (nSPS) is 14.2. The number of aliphatic imine (C=N–C) groups is 1. The van der Waals surface area contributed by atoms with Crippen LogP contribution in [0.4, 0.5) is 0 Å². The number of aromatic amines is 1. The molecule has 3 amide bonds. The lowest BCUT2D eigenvalue weighted by molar-refractivity contribution is -0.142. The molecular formula is C25H38N8O5S. The smallest absolute Gasteiger partial charge is 0.327 e. The van der Waals surface area contributed by atoms with Crippen molar-refractivity contribution in [1.29, 1.82) is 0 Å². The molecular weight excluding hydrogens is 524 g/mol. The minimum atomic E-state index is -1.24. The molecule has 0 fully saturated rings. The highest BCUT2D eigenvalue weighted by Gasteiger charge is 2.32. The van der Waals surface area contributed by atoms with Crippen molar-refractivity contribution in [3.8, 4) is 0 Å². The Morgan fingerprint density at radius 3 is 2.31 bits per heavy atom. The summed E-state index contributed by atoms with van der Waals surface area (Å²) >= 11 is 3.96. The third-order valence-corrected chi connectivity index (χ3v) is 6.45. The molecule has 14 heteroatoms. The summed E-state index contributed by atoms with van der Waals surface area (Å²) in [5.41, 5.74) is 18.3. The second kappa shape index (κ2) is 15.0. The lowest BCUT2D eigenvalue weighted by Gasteiger charge is -2.27. The van der Waals surface area contributed by atoms with Crippen molar-refractivity contribution in [3.05, 3.63) is 36.0 Å². The molecule has 39 heavy (non-hydrogen) atoms. The Morgan fingerprint density at radius 2 is 1.69 bits per heavy atom. The number of amides is 3. The van der Waals surface area contributed by atoms with Gasteiger partial charge in [0, 0.05) is 35.8 Å². The van der Waals surface area contributed by atoms with Crippen LogP contribution < -0.4 is 33.2 Å². The van der Waals surface area contributed by atoms with E-state index in [0.29, 0.717) is 13.0 Å². The summed E-state index contributed by atoms with van der Waals surface area (Å²) in [5, 5.41) is 17.9. The van der Waals surface area contributed by atoms with Crippen LogP contribution in [0.3, 0.4) is 0 Å². The Bertz CT molecular complexity index is 1180. The summed E-state index contributed by atoms with van der Waals surface area (Å²) in [7, 11) is 0. The van der Waals surface area contributed by atoms with Gasteiger partial charge < -0.3 is 43.2 Å². The number of benzene rings is 1. The number of nitrogens with zero attached hydrogens (tertiary/aromatic N) is 1. The lowest BCUT2D eigenvalue weighted by atomic mass is 10.00. The van der Waals surface area contributed by atoms with Gasteiger partial charge in [0.15, 0.2) is 5.96 Å². The number of carboxylic acids is 1. The fraction of sp³-hybridized carbons (Fsp3) is 0.480. The summed E-state index contributed by atoms with van der Waals surface area (Å²) in [6.45, 7) is 3.72. The van der Waals surface area contributed by atoms with Crippen molar-refractivity contribution in [1.82, 2.24) is 20.9 Å². The number of nitrogens with one attached hydrogen (secondary N) is 4. The standard InChI is InChI=1S/C25H38N8O5S/c1-13(2)20(23(36)32-19(12-39)24(37)38)33-22(35)18(10-14-11-30-17-8-4-3-6-15(14)17)31-21(34)16(26)7-5-9-29-25(27)28/h3-4,6,8,11,13,16,18-20,30,39H,5,7,9-10,12,26H2,1-2H3,(H,31,34)(H,32,36)(H,33,35)(H,37,38)(H4,27,28,29). The van der Waals surface area contributed by atoms with Crippen molar-refractivity contribution >= 4 is 53.2 Å². The van der Waals surface area contributed by atoms with E-state index >= 15 is 0 Å². The van der Waals surface area contributed by atoms with E-state index in [0.717, 1.165) is 16.5 Å².